The van der Waals surface area contributed by atoms with Crippen LogP contribution in [-0.4, -0.2) is 27.1 Å². The van der Waals surface area contributed by atoms with E-state index in [9.17, 15) is 0 Å². The van der Waals surface area contributed by atoms with Gasteiger partial charge in [0.05, 0.1) is 11.1 Å². The van der Waals surface area contributed by atoms with Gasteiger partial charge in [0.1, 0.15) is 0 Å². The van der Waals surface area contributed by atoms with E-state index in [1.807, 2.05) is 18.0 Å². The summed E-state index contributed by atoms with van der Waals surface area (Å²) in [5.74, 6) is 2.59. The summed E-state index contributed by atoms with van der Waals surface area (Å²) in [4.78, 5) is 1.23. The quantitative estimate of drug-likeness (QED) is 0.829. The van der Waals surface area contributed by atoms with Crippen LogP contribution in [0.2, 0.25) is 0 Å². The van der Waals surface area contributed by atoms with Gasteiger partial charge in [-0.15, -0.1) is 5.10 Å². The molecule has 1 fully saturated rings. The molecule has 72 valence electrons. The molecule has 0 radical (unpaired) electrons. The fourth-order valence-corrected chi connectivity index (χ4v) is 2.96. The maximum atomic E-state index is 3.83. The van der Waals surface area contributed by atoms with Crippen LogP contribution in [0.4, 0.5) is 0 Å². The van der Waals surface area contributed by atoms with Gasteiger partial charge in [-0.2, -0.15) is 11.8 Å². The highest BCUT2D eigenvalue weighted by Crippen LogP contribution is 2.17. The maximum absolute atomic E-state index is 3.83. The molecule has 0 bridgehead atoms. The molecule has 3 nitrogen and oxygen atoms in total. The number of nitrogens with zero attached hydrogens (tertiary/aromatic N) is 2. The summed E-state index contributed by atoms with van der Waals surface area (Å²) in [6.07, 6.45) is 4.51. The largest absolute Gasteiger partial charge is 0.308 e. The van der Waals surface area contributed by atoms with Crippen LogP contribution in [0.3, 0.4) is 0 Å². The molecule has 1 aliphatic heterocycles. The monoisotopic (exact) mass is 215 g/mol. The van der Waals surface area contributed by atoms with Crippen molar-refractivity contribution >= 4 is 23.3 Å². The van der Waals surface area contributed by atoms with Crippen LogP contribution in [0.1, 0.15) is 17.7 Å². The highest BCUT2D eigenvalue weighted by atomic mass is 32.2. The molecule has 0 saturated carbocycles. The van der Waals surface area contributed by atoms with Crippen LogP contribution in [0.5, 0.6) is 0 Å². The van der Waals surface area contributed by atoms with E-state index in [1.165, 1.54) is 40.8 Å². The van der Waals surface area contributed by atoms with Crippen LogP contribution >= 0.6 is 23.3 Å². The van der Waals surface area contributed by atoms with Crippen molar-refractivity contribution in [2.45, 2.75) is 25.4 Å². The molecular formula is C8H13N3S2. The minimum Gasteiger partial charge on any atom is -0.308 e. The predicted octanol–water partition coefficient (Wildman–Crippen LogP) is 1.52. The Balaban J connectivity index is 1.72. The molecule has 1 aliphatic rings. The van der Waals surface area contributed by atoms with Crippen LogP contribution in [0, 0.1) is 0 Å². The second-order valence-electron chi connectivity index (χ2n) is 3.18. The molecule has 0 spiro atoms. The number of nitrogens with one attached hydrogen (secondary N) is 1. The lowest BCUT2D eigenvalue weighted by atomic mass is 10.2. The van der Waals surface area contributed by atoms with Gasteiger partial charge in [-0.05, 0) is 30.1 Å². The third-order valence-corrected chi connectivity index (χ3v) is 4.01. The van der Waals surface area contributed by atoms with Gasteiger partial charge in [0.15, 0.2) is 0 Å². The van der Waals surface area contributed by atoms with Crippen molar-refractivity contribution in [3.8, 4) is 0 Å². The molecule has 1 atom stereocenters. The molecule has 5 heteroatoms. The first kappa shape index (κ1) is 9.43. The first-order chi connectivity index (χ1) is 6.45. The zero-order chi connectivity index (χ0) is 8.93. The van der Waals surface area contributed by atoms with Crippen molar-refractivity contribution in [1.29, 1.82) is 0 Å². The van der Waals surface area contributed by atoms with Gasteiger partial charge in [0.25, 0.3) is 0 Å². The first-order valence-electron chi connectivity index (χ1n) is 4.52. The topological polar surface area (TPSA) is 37.8 Å². The molecule has 1 aromatic heterocycles. The number of hydrogen-bond acceptors (Lipinski definition) is 5. The fraction of sp³-hybridized carbons (Fsp3) is 0.750. The Kier molecular flexibility index (Phi) is 3.57. The highest BCUT2D eigenvalue weighted by molar-refractivity contribution is 7.99. The van der Waals surface area contributed by atoms with E-state index in [-0.39, 0.29) is 0 Å². The average molecular weight is 215 g/mol. The molecule has 1 saturated heterocycles. The van der Waals surface area contributed by atoms with Crippen molar-refractivity contribution in [2.75, 3.05) is 11.5 Å². The number of aromatic nitrogens is 2. The minimum atomic E-state index is 0.695. The molecule has 2 heterocycles. The van der Waals surface area contributed by atoms with Crippen LogP contribution in [0.25, 0.3) is 0 Å². The molecule has 1 aromatic rings. The van der Waals surface area contributed by atoms with E-state index in [1.54, 1.807) is 0 Å². The summed E-state index contributed by atoms with van der Waals surface area (Å²) < 4.78 is 3.83. The van der Waals surface area contributed by atoms with E-state index >= 15 is 0 Å². The Bertz CT molecular complexity index is 232. The minimum absolute atomic E-state index is 0.695. The van der Waals surface area contributed by atoms with Gasteiger partial charge in [0, 0.05) is 18.3 Å². The van der Waals surface area contributed by atoms with Crippen molar-refractivity contribution in [2.24, 2.45) is 0 Å². The molecule has 0 aromatic carbocycles. The highest BCUT2D eigenvalue weighted by Gasteiger charge is 2.12. The van der Waals surface area contributed by atoms with Gasteiger partial charge < -0.3 is 5.32 Å². The summed E-state index contributed by atoms with van der Waals surface area (Å²) in [6, 6.07) is 0.695. The summed E-state index contributed by atoms with van der Waals surface area (Å²) in [5.41, 5.74) is 0. The lowest BCUT2D eigenvalue weighted by Crippen LogP contribution is -2.32. The zero-order valence-electron chi connectivity index (χ0n) is 7.40. The zero-order valence-corrected chi connectivity index (χ0v) is 9.03. The molecule has 0 amide bonds. The molecular weight excluding hydrogens is 202 g/mol. The molecule has 2 rings (SSSR count). The van der Waals surface area contributed by atoms with Gasteiger partial charge in [0.2, 0.25) is 0 Å². The molecule has 13 heavy (non-hydrogen) atoms. The maximum Gasteiger partial charge on any atom is 0.0666 e. The summed E-state index contributed by atoms with van der Waals surface area (Å²) in [6.45, 7) is 0.933. The SMILES string of the molecule is c1nnsc1CNC1CCCSC1. The summed E-state index contributed by atoms with van der Waals surface area (Å²) in [5, 5.41) is 7.34. The number of rotatable bonds is 3. The third kappa shape index (κ3) is 2.93. The Hall–Kier alpha value is -0.130. The normalized spacial score (nSPS) is 23.2. The van der Waals surface area contributed by atoms with E-state index in [0.29, 0.717) is 6.04 Å². The van der Waals surface area contributed by atoms with Crippen molar-refractivity contribution in [3.63, 3.8) is 0 Å². The van der Waals surface area contributed by atoms with E-state index in [4.69, 9.17) is 0 Å². The van der Waals surface area contributed by atoms with Gasteiger partial charge in [-0.3, -0.25) is 0 Å². The van der Waals surface area contributed by atoms with Crippen molar-refractivity contribution in [1.82, 2.24) is 14.9 Å². The summed E-state index contributed by atoms with van der Waals surface area (Å²) in [7, 11) is 0. The van der Waals surface area contributed by atoms with Crippen LogP contribution in [-0.2, 0) is 6.54 Å². The first-order valence-corrected chi connectivity index (χ1v) is 6.45. The fourth-order valence-electron chi connectivity index (χ4n) is 1.41. The van der Waals surface area contributed by atoms with Gasteiger partial charge in [-0.25, -0.2) is 0 Å². The van der Waals surface area contributed by atoms with Gasteiger partial charge >= 0.3 is 0 Å². The lowest BCUT2D eigenvalue weighted by molar-refractivity contribution is 0.510. The van der Waals surface area contributed by atoms with Crippen LogP contribution in [0.15, 0.2) is 6.20 Å². The Morgan fingerprint density at radius 2 is 2.62 bits per heavy atom. The van der Waals surface area contributed by atoms with Gasteiger partial charge in [-0.1, -0.05) is 4.49 Å². The lowest BCUT2D eigenvalue weighted by Gasteiger charge is -2.21. The average Bonchev–Trinajstić information content (AvgIpc) is 2.69. The van der Waals surface area contributed by atoms with Crippen molar-refractivity contribution in [3.05, 3.63) is 11.1 Å². The van der Waals surface area contributed by atoms with E-state index < -0.39 is 0 Å². The second kappa shape index (κ2) is 4.93. The molecule has 1 unspecified atom stereocenters. The summed E-state index contributed by atoms with van der Waals surface area (Å²) >= 11 is 3.53. The molecule has 0 aliphatic carbocycles. The Morgan fingerprint density at radius 1 is 1.62 bits per heavy atom. The van der Waals surface area contributed by atoms with E-state index in [0.717, 1.165) is 6.54 Å². The smallest absolute Gasteiger partial charge is 0.0666 e. The Morgan fingerprint density at radius 3 is 3.31 bits per heavy atom. The standard InChI is InChI=1S/C8H13N3S2/c1-2-7(6-12-3-1)9-4-8-5-10-11-13-8/h5,7,9H,1-4,6H2. The van der Waals surface area contributed by atoms with Crippen molar-refractivity contribution < 1.29 is 0 Å². The second-order valence-corrected chi connectivity index (χ2v) is 5.20. The third-order valence-electron chi connectivity index (χ3n) is 2.13. The number of thioether (sulfide) groups is 1. The number of hydrogen-bond donors (Lipinski definition) is 1. The Labute approximate surface area is 86.5 Å². The molecule has 1 N–H and O–H groups in total. The van der Waals surface area contributed by atoms with E-state index in [2.05, 4.69) is 14.9 Å². The predicted molar refractivity (Wildman–Crippen MR) is 57.1 cm³/mol. The van der Waals surface area contributed by atoms with Crippen LogP contribution < -0.4 is 5.32 Å².